The number of hydrogen-bond donors (Lipinski definition) is 0. The maximum atomic E-state index is 5.12. The molecule has 2 aromatic rings. The molecule has 158 valence electrons. The maximum absolute atomic E-state index is 5.12. The molecular weight excluding hydrogens is 356 g/mol. The van der Waals surface area contributed by atoms with E-state index in [1.807, 2.05) is 0 Å². The summed E-state index contributed by atoms with van der Waals surface area (Å²) in [7, 11) is 2.29. The largest absolute Gasteiger partial charge is 0.328 e. The highest BCUT2D eigenvalue weighted by Gasteiger charge is 2.30. The lowest BCUT2D eigenvalue weighted by Crippen LogP contribution is -2.45. The predicted octanol–water partition coefficient (Wildman–Crippen LogP) is 4.81. The van der Waals surface area contributed by atoms with Crippen LogP contribution in [0.15, 0.2) is 18.2 Å². The number of rotatable bonds is 7. The van der Waals surface area contributed by atoms with Crippen molar-refractivity contribution >= 4 is 11.0 Å². The zero-order chi connectivity index (χ0) is 19.8. The molecule has 5 rings (SSSR count). The quantitative estimate of drug-likeness (QED) is 0.673. The minimum Gasteiger partial charge on any atom is -0.328 e. The summed E-state index contributed by atoms with van der Waals surface area (Å²) in [6.07, 6.45) is 12.2. The van der Waals surface area contributed by atoms with E-state index in [0.717, 1.165) is 31.6 Å². The average molecular weight is 395 g/mol. The fraction of sp³-hybridized carbons (Fsp3) is 0.720. The molecule has 0 bridgehead atoms. The molecule has 2 heterocycles. The van der Waals surface area contributed by atoms with Gasteiger partial charge in [0.1, 0.15) is 5.82 Å². The van der Waals surface area contributed by atoms with Crippen LogP contribution in [0, 0.1) is 0 Å². The number of nitrogens with zero attached hydrogens (tertiary/aromatic N) is 4. The van der Waals surface area contributed by atoms with Crippen LogP contribution in [0.5, 0.6) is 0 Å². The van der Waals surface area contributed by atoms with E-state index in [9.17, 15) is 0 Å². The Kier molecular flexibility index (Phi) is 5.66. The summed E-state index contributed by atoms with van der Waals surface area (Å²) in [4.78, 5) is 10.4. The molecule has 1 aromatic carbocycles. The molecule has 2 aliphatic carbocycles. The molecule has 0 radical (unpaired) electrons. The Morgan fingerprint density at radius 3 is 2.59 bits per heavy atom. The molecule has 1 atom stereocenters. The SMILES string of the molecule is CCn1c(CCN(C)C2CCC2)nc2cc(C3CCCN(C4CCC4)C3)ccc21. The van der Waals surface area contributed by atoms with Gasteiger partial charge in [-0.2, -0.15) is 0 Å². The highest BCUT2D eigenvalue weighted by molar-refractivity contribution is 5.77. The first kappa shape index (κ1) is 19.6. The molecule has 29 heavy (non-hydrogen) atoms. The van der Waals surface area contributed by atoms with E-state index in [2.05, 4.69) is 46.5 Å². The van der Waals surface area contributed by atoms with Crippen LogP contribution < -0.4 is 0 Å². The van der Waals surface area contributed by atoms with Gasteiger partial charge in [0.05, 0.1) is 11.0 Å². The summed E-state index contributed by atoms with van der Waals surface area (Å²) >= 11 is 0. The van der Waals surface area contributed by atoms with E-state index in [0.29, 0.717) is 5.92 Å². The number of fused-ring (bicyclic) bond motifs is 1. The average Bonchev–Trinajstić information content (AvgIpc) is 3.00. The van der Waals surface area contributed by atoms with Gasteiger partial charge >= 0.3 is 0 Å². The molecule has 2 saturated carbocycles. The minimum absolute atomic E-state index is 0.689. The van der Waals surface area contributed by atoms with Gasteiger partial charge in [0, 0.05) is 38.1 Å². The molecule has 1 unspecified atom stereocenters. The van der Waals surface area contributed by atoms with Crippen LogP contribution in [-0.2, 0) is 13.0 Å². The molecule has 4 nitrogen and oxygen atoms in total. The van der Waals surface area contributed by atoms with E-state index < -0.39 is 0 Å². The smallest absolute Gasteiger partial charge is 0.111 e. The number of aryl methyl sites for hydroxylation is 1. The molecule has 0 spiro atoms. The van der Waals surface area contributed by atoms with Crippen LogP contribution in [0.3, 0.4) is 0 Å². The number of hydrogen-bond acceptors (Lipinski definition) is 3. The van der Waals surface area contributed by atoms with E-state index in [1.54, 1.807) is 0 Å². The molecular formula is C25H38N4. The standard InChI is InChI=1S/C25H38N4/c1-3-29-24-13-12-19(20-7-6-15-28(18-20)22-10-5-11-22)17-23(24)26-25(29)14-16-27(2)21-8-4-9-21/h12-13,17,20-22H,3-11,14-16,18H2,1-2H3. The molecule has 1 aliphatic heterocycles. The van der Waals surface area contributed by atoms with Crippen LogP contribution in [0.25, 0.3) is 11.0 Å². The second kappa shape index (κ2) is 8.39. The van der Waals surface area contributed by atoms with E-state index in [4.69, 9.17) is 4.98 Å². The lowest BCUT2D eigenvalue weighted by molar-refractivity contribution is 0.0945. The first-order chi connectivity index (χ1) is 14.2. The molecule has 1 aromatic heterocycles. The fourth-order valence-corrected chi connectivity index (χ4v) is 5.64. The van der Waals surface area contributed by atoms with Crippen LogP contribution in [0.1, 0.15) is 75.6 Å². The summed E-state index contributed by atoms with van der Waals surface area (Å²) < 4.78 is 2.44. The van der Waals surface area contributed by atoms with Gasteiger partial charge in [0.25, 0.3) is 0 Å². The van der Waals surface area contributed by atoms with Gasteiger partial charge in [-0.15, -0.1) is 0 Å². The van der Waals surface area contributed by atoms with Gasteiger partial charge in [-0.05, 0) is 82.7 Å². The van der Waals surface area contributed by atoms with E-state index in [-0.39, 0.29) is 0 Å². The van der Waals surface area contributed by atoms with Crippen molar-refractivity contribution in [1.82, 2.24) is 19.4 Å². The predicted molar refractivity (Wildman–Crippen MR) is 121 cm³/mol. The fourth-order valence-electron chi connectivity index (χ4n) is 5.64. The molecule has 3 fully saturated rings. The van der Waals surface area contributed by atoms with Gasteiger partial charge in [-0.1, -0.05) is 18.9 Å². The maximum Gasteiger partial charge on any atom is 0.111 e. The van der Waals surface area contributed by atoms with Crippen molar-refractivity contribution in [1.29, 1.82) is 0 Å². The van der Waals surface area contributed by atoms with Gasteiger partial charge in [-0.3, -0.25) is 4.90 Å². The highest BCUT2D eigenvalue weighted by Crippen LogP contribution is 2.34. The van der Waals surface area contributed by atoms with Crippen molar-refractivity contribution in [2.45, 2.75) is 89.3 Å². The van der Waals surface area contributed by atoms with Crippen molar-refractivity contribution in [3.63, 3.8) is 0 Å². The van der Waals surface area contributed by atoms with Gasteiger partial charge in [0.2, 0.25) is 0 Å². The van der Waals surface area contributed by atoms with Crippen molar-refractivity contribution < 1.29 is 0 Å². The van der Waals surface area contributed by atoms with Crippen molar-refractivity contribution in [3.8, 4) is 0 Å². The second-order valence-electron chi connectivity index (χ2n) is 9.75. The zero-order valence-electron chi connectivity index (χ0n) is 18.4. The summed E-state index contributed by atoms with van der Waals surface area (Å²) in [6, 6.07) is 8.85. The Morgan fingerprint density at radius 2 is 1.90 bits per heavy atom. The minimum atomic E-state index is 0.689. The van der Waals surface area contributed by atoms with Gasteiger partial charge in [0.15, 0.2) is 0 Å². The monoisotopic (exact) mass is 394 g/mol. The number of likely N-dealkylation sites (N-methyl/N-ethyl adjacent to an activating group) is 1. The molecule has 0 amide bonds. The summed E-state index contributed by atoms with van der Waals surface area (Å²) in [5.74, 6) is 1.96. The van der Waals surface area contributed by atoms with Crippen LogP contribution in [-0.4, -0.2) is 58.1 Å². The second-order valence-corrected chi connectivity index (χ2v) is 9.75. The first-order valence-corrected chi connectivity index (χ1v) is 12.2. The number of imidazole rings is 1. The van der Waals surface area contributed by atoms with E-state index >= 15 is 0 Å². The normalized spacial score (nSPS) is 24.2. The zero-order valence-corrected chi connectivity index (χ0v) is 18.4. The third-order valence-electron chi connectivity index (χ3n) is 8.07. The Balaban J connectivity index is 1.32. The molecule has 3 aliphatic rings. The van der Waals surface area contributed by atoms with Crippen LogP contribution >= 0.6 is 0 Å². The topological polar surface area (TPSA) is 24.3 Å². The Bertz CT molecular complexity index is 833. The van der Waals surface area contributed by atoms with Crippen LogP contribution in [0.4, 0.5) is 0 Å². The number of likely N-dealkylation sites (tertiary alicyclic amines) is 1. The van der Waals surface area contributed by atoms with Gasteiger partial charge < -0.3 is 9.47 Å². The lowest BCUT2D eigenvalue weighted by atomic mass is 9.85. The molecule has 1 saturated heterocycles. The summed E-state index contributed by atoms with van der Waals surface area (Å²) in [5.41, 5.74) is 4.05. The van der Waals surface area contributed by atoms with Crippen molar-refractivity contribution in [2.75, 3.05) is 26.7 Å². The van der Waals surface area contributed by atoms with Crippen molar-refractivity contribution in [2.24, 2.45) is 0 Å². The van der Waals surface area contributed by atoms with Crippen molar-refractivity contribution in [3.05, 3.63) is 29.6 Å². The Labute approximate surface area is 176 Å². The molecule has 4 heteroatoms. The molecule has 0 N–H and O–H groups in total. The lowest BCUT2D eigenvalue weighted by Gasteiger charge is -2.42. The number of benzene rings is 1. The summed E-state index contributed by atoms with van der Waals surface area (Å²) in [5, 5.41) is 0. The van der Waals surface area contributed by atoms with Crippen LogP contribution in [0.2, 0.25) is 0 Å². The third kappa shape index (κ3) is 3.86. The summed E-state index contributed by atoms with van der Waals surface area (Å²) in [6.45, 7) is 6.96. The number of piperidine rings is 1. The van der Waals surface area contributed by atoms with E-state index in [1.165, 1.54) is 86.9 Å². The number of aromatic nitrogens is 2. The van der Waals surface area contributed by atoms with Gasteiger partial charge in [-0.25, -0.2) is 4.98 Å². The third-order valence-corrected chi connectivity index (χ3v) is 8.07. The highest BCUT2D eigenvalue weighted by atomic mass is 15.2. The Hall–Kier alpha value is -1.39. The first-order valence-electron chi connectivity index (χ1n) is 12.2. The Morgan fingerprint density at radius 1 is 1.07 bits per heavy atom.